The van der Waals surface area contributed by atoms with Crippen molar-refractivity contribution < 1.29 is 33.7 Å². The van der Waals surface area contributed by atoms with Crippen LogP contribution >= 0.6 is 0 Å². The van der Waals surface area contributed by atoms with Crippen molar-refractivity contribution in [3.8, 4) is 0 Å². The van der Waals surface area contributed by atoms with E-state index in [1.165, 1.54) is 11.5 Å². The fourth-order valence-corrected chi connectivity index (χ4v) is 4.56. The highest BCUT2D eigenvalue weighted by Gasteiger charge is 2.56. The molecule has 1 aromatic carbocycles. The summed E-state index contributed by atoms with van der Waals surface area (Å²) in [6, 6.07) is -0.0978. The molecule has 3 fully saturated rings. The van der Waals surface area contributed by atoms with Crippen LogP contribution in [0.5, 0.6) is 0 Å². The summed E-state index contributed by atoms with van der Waals surface area (Å²) in [5, 5.41) is 24.7. The zero-order valence-electron chi connectivity index (χ0n) is 18.4. The monoisotopic (exact) mass is 480 g/mol. The van der Waals surface area contributed by atoms with Crippen molar-refractivity contribution in [2.24, 2.45) is 11.1 Å². The summed E-state index contributed by atoms with van der Waals surface area (Å²) in [6.45, 7) is 2.09. The van der Waals surface area contributed by atoms with Gasteiger partial charge in [0.2, 0.25) is 5.43 Å². The number of carbonyl (C=O) groups is 2. The second kappa shape index (κ2) is 8.20. The number of aromatic carboxylic acids is 1. The predicted octanol–water partition coefficient (Wildman–Crippen LogP) is 1.27. The number of anilines is 2. The van der Waals surface area contributed by atoms with Crippen LogP contribution in [-0.4, -0.2) is 57.1 Å². The van der Waals surface area contributed by atoms with Gasteiger partial charge in [-0.05, 0) is 32.6 Å². The summed E-state index contributed by atoms with van der Waals surface area (Å²) in [7, 11) is 0. The number of rotatable bonds is 4. The van der Waals surface area contributed by atoms with E-state index >= 15 is 8.78 Å². The molecule has 2 aliphatic carbocycles. The third-order valence-corrected chi connectivity index (χ3v) is 6.85. The first kappa shape index (κ1) is 23.9. The number of aromatic nitrogens is 1. The van der Waals surface area contributed by atoms with E-state index in [0.29, 0.717) is 13.1 Å². The lowest BCUT2D eigenvalue weighted by Crippen LogP contribution is -2.27. The van der Waals surface area contributed by atoms with E-state index < -0.39 is 51.7 Å². The summed E-state index contributed by atoms with van der Waals surface area (Å²) in [6.07, 6.45) is 2.94. The largest absolute Gasteiger partial charge is 0.479 e. The highest BCUT2D eigenvalue weighted by atomic mass is 19.1. The zero-order valence-corrected chi connectivity index (χ0v) is 18.4. The van der Waals surface area contributed by atoms with Gasteiger partial charge in [0, 0.05) is 36.8 Å². The number of aliphatic hydroxyl groups excluding tert-OH is 1. The maximum Gasteiger partial charge on any atom is 0.341 e. The maximum atomic E-state index is 15.6. The molecule has 184 valence electrons. The quantitative estimate of drug-likeness (QED) is 0.404. The van der Waals surface area contributed by atoms with Crippen LogP contribution in [0.15, 0.2) is 11.0 Å². The molecule has 3 unspecified atom stereocenters. The molecule has 10 nitrogen and oxygen atoms in total. The molecule has 3 aliphatic rings. The highest BCUT2D eigenvalue weighted by molar-refractivity contribution is 5.99. The molecular formula is C22H26F2N4O6. The van der Waals surface area contributed by atoms with Gasteiger partial charge in [0.1, 0.15) is 17.4 Å². The lowest BCUT2D eigenvalue weighted by atomic mass is 10.1. The maximum absolute atomic E-state index is 15.6. The summed E-state index contributed by atoms with van der Waals surface area (Å²) in [5.74, 6) is -4.52. The van der Waals surface area contributed by atoms with Gasteiger partial charge < -0.3 is 36.3 Å². The molecule has 5 rings (SSSR count). The van der Waals surface area contributed by atoms with Crippen LogP contribution in [0, 0.1) is 17.0 Å². The van der Waals surface area contributed by atoms with Crippen molar-refractivity contribution >= 4 is 34.2 Å². The van der Waals surface area contributed by atoms with Crippen LogP contribution in [0.3, 0.4) is 0 Å². The zero-order chi connectivity index (χ0) is 25.1. The van der Waals surface area contributed by atoms with Crippen molar-refractivity contribution in [3.05, 3.63) is 33.6 Å². The number of aliphatic carboxylic acids is 1. The molecule has 7 N–H and O–H groups in total. The second-order valence-corrected chi connectivity index (χ2v) is 9.29. The van der Waals surface area contributed by atoms with E-state index in [2.05, 4.69) is 0 Å². The van der Waals surface area contributed by atoms with Crippen LogP contribution in [-0.2, 0) is 4.79 Å². The van der Waals surface area contributed by atoms with E-state index in [1.807, 2.05) is 0 Å². The average molecular weight is 480 g/mol. The number of halogens is 2. The number of carboxylic acids is 2. The van der Waals surface area contributed by atoms with Gasteiger partial charge in [0.05, 0.1) is 16.6 Å². The molecule has 1 spiro atoms. The molecule has 0 amide bonds. The van der Waals surface area contributed by atoms with Gasteiger partial charge in [-0.25, -0.2) is 18.4 Å². The van der Waals surface area contributed by atoms with Crippen LogP contribution < -0.4 is 21.8 Å². The molecule has 0 radical (unpaired) electrons. The normalized spacial score (nSPS) is 24.1. The lowest BCUT2D eigenvalue weighted by molar-refractivity contribution is -0.145. The molecule has 2 heterocycles. The topological polar surface area (TPSA) is 172 Å². The van der Waals surface area contributed by atoms with Gasteiger partial charge in [-0.3, -0.25) is 4.79 Å². The Labute approximate surface area is 192 Å². The van der Waals surface area contributed by atoms with E-state index in [9.17, 15) is 19.5 Å². The Morgan fingerprint density at radius 2 is 1.82 bits per heavy atom. The van der Waals surface area contributed by atoms with E-state index in [4.69, 9.17) is 21.7 Å². The fourth-order valence-electron chi connectivity index (χ4n) is 4.56. The smallest absolute Gasteiger partial charge is 0.341 e. The molecule has 2 aromatic rings. The van der Waals surface area contributed by atoms with E-state index in [-0.39, 0.29) is 28.7 Å². The first-order valence-corrected chi connectivity index (χ1v) is 10.9. The van der Waals surface area contributed by atoms with Gasteiger partial charge in [0.15, 0.2) is 11.6 Å². The minimum atomic E-state index is -1.45. The van der Waals surface area contributed by atoms with Gasteiger partial charge in [-0.15, -0.1) is 0 Å². The summed E-state index contributed by atoms with van der Waals surface area (Å²) in [4.78, 5) is 35.2. The molecule has 34 heavy (non-hydrogen) atoms. The Hall–Kier alpha value is -3.25. The van der Waals surface area contributed by atoms with Crippen molar-refractivity contribution in [3.63, 3.8) is 0 Å². The average Bonchev–Trinajstić information content (AvgIpc) is 3.66. The van der Waals surface area contributed by atoms with Crippen LogP contribution in [0.2, 0.25) is 0 Å². The van der Waals surface area contributed by atoms with E-state index in [1.54, 1.807) is 4.90 Å². The molecule has 1 aliphatic heterocycles. The number of pyridine rings is 1. The Morgan fingerprint density at radius 1 is 1.24 bits per heavy atom. The van der Waals surface area contributed by atoms with Crippen LogP contribution in [0.4, 0.5) is 20.2 Å². The SMILES string of the molecule is CC(O)C(=O)O.Nc1c(F)c(N2CCC3(CC3N)C2)c(F)c2c1c(=O)c(C(=O)O)cn2C1CC1. The van der Waals surface area contributed by atoms with Crippen molar-refractivity contribution in [1.29, 1.82) is 0 Å². The van der Waals surface area contributed by atoms with Crippen molar-refractivity contribution in [1.82, 2.24) is 4.57 Å². The van der Waals surface area contributed by atoms with Gasteiger partial charge in [0.25, 0.3) is 0 Å². The minimum Gasteiger partial charge on any atom is -0.479 e. The van der Waals surface area contributed by atoms with Crippen molar-refractivity contribution in [2.45, 2.75) is 50.8 Å². The third-order valence-electron chi connectivity index (χ3n) is 6.85. The number of benzene rings is 1. The fraction of sp³-hybridized carbons (Fsp3) is 0.500. The third kappa shape index (κ3) is 3.86. The number of hydrogen-bond donors (Lipinski definition) is 5. The number of hydrogen-bond acceptors (Lipinski definition) is 7. The first-order valence-electron chi connectivity index (χ1n) is 10.9. The number of nitrogen functional groups attached to an aromatic ring is 1. The number of fused-ring (bicyclic) bond motifs is 1. The summed E-state index contributed by atoms with van der Waals surface area (Å²) in [5.41, 5.74) is 9.43. The highest BCUT2D eigenvalue weighted by Crippen LogP contribution is 2.53. The molecular weight excluding hydrogens is 454 g/mol. The Bertz CT molecular complexity index is 1260. The van der Waals surface area contributed by atoms with Crippen LogP contribution in [0.1, 0.15) is 49.0 Å². The number of nitrogens with zero attached hydrogens (tertiary/aromatic N) is 2. The molecule has 12 heteroatoms. The summed E-state index contributed by atoms with van der Waals surface area (Å²) >= 11 is 0. The number of aliphatic hydroxyl groups is 1. The minimum absolute atomic E-state index is 0.0317. The Balaban J connectivity index is 0.000000408. The second-order valence-electron chi connectivity index (χ2n) is 9.29. The molecule has 3 atom stereocenters. The summed E-state index contributed by atoms with van der Waals surface area (Å²) < 4.78 is 32.2. The van der Waals surface area contributed by atoms with Gasteiger partial charge in [-0.1, -0.05) is 0 Å². The Morgan fingerprint density at radius 3 is 2.26 bits per heavy atom. The number of nitrogens with two attached hydrogens (primary N) is 2. The van der Waals surface area contributed by atoms with E-state index in [0.717, 1.165) is 31.9 Å². The van der Waals surface area contributed by atoms with Gasteiger partial charge in [-0.2, -0.15) is 0 Å². The number of carboxylic acid groups (broad SMARTS) is 2. The standard InChI is InChI=1S/C19H20F2N4O3.C3H6O3/c20-12-14(23)11-15(25(8-1-2-8)6-9(17(11)26)18(27)28)13(21)16(12)24-4-3-19(7-24)5-10(19)22;1-2(4)3(5)6/h6,8,10H,1-5,7,22-23H2,(H,27,28);2,4H,1H3,(H,5,6). The van der Waals surface area contributed by atoms with Gasteiger partial charge >= 0.3 is 11.9 Å². The first-order chi connectivity index (χ1) is 15.9. The van der Waals surface area contributed by atoms with Crippen LogP contribution in [0.25, 0.3) is 10.9 Å². The van der Waals surface area contributed by atoms with Crippen molar-refractivity contribution in [2.75, 3.05) is 23.7 Å². The molecule has 1 saturated heterocycles. The molecule has 1 aromatic heterocycles. The molecule has 0 bridgehead atoms. The predicted molar refractivity (Wildman–Crippen MR) is 119 cm³/mol. The molecule has 2 saturated carbocycles. The Kier molecular flexibility index (Phi) is 5.76. The lowest BCUT2D eigenvalue weighted by Gasteiger charge is -2.24.